The lowest BCUT2D eigenvalue weighted by Gasteiger charge is -2.19. The van der Waals surface area contributed by atoms with E-state index in [9.17, 15) is 17.6 Å². The first kappa shape index (κ1) is 19.9. The fraction of sp³-hybridized carbons (Fsp3) is 0.278. The Morgan fingerprint density at radius 1 is 1.08 bits per heavy atom. The first-order valence-electron chi connectivity index (χ1n) is 8.04. The Hall–Kier alpha value is -2.45. The molecule has 6 nitrogen and oxygen atoms in total. The van der Waals surface area contributed by atoms with Crippen molar-refractivity contribution in [3.05, 3.63) is 60.4 Å². The van der Waals surface area contributed by atoms with Crippen molar-refractivity contribution in [2.24, 2.45) is 0 Å². The predicted octanol–water partition coefficient (Wildman–Crippen LogP) is 2.08. The number of halogens is 1. The van der Waals surface area contributed by atoms with E-state index in [1.54, 1.807) is 25.1 Å². The van der Waals surface area contributed by atoms with Crippen molar-refractivity contribution in [1.82, 2.24) is 10.0 Å². The molecule has 0 fully saturated rings. The van der Waals surface area contributed by atoms with Gasteiger partial charge in [0.15, 0.2) is 0 Å². The van der Waals surface area contributed by atoms with Gasteiger partial charge in [-0.3, -0.25) is 4.79 Å². The first-order chi connectivity index (χ1) is 12.3. The van der Waals surface area contributed by atoms with Gasteiger partial charge in [-0.2, -0.15) is 4.72 Å². The highest BCUT2D eigenvalue weighted by Gasteiger charge is 2.22. The molecule has 26 heavy (non-hydrogen) atoms. The van der Waals surface area contributed by atoms with Crippen LogP contribution in [0.15, 0.2) is 59.5 Å². The summed E-state index contributed by atoms with van der Waals surface area (Å²) in [4.78, 5) is 12.3. The summed E-state index contributed by atoms with van der Waals surface area (Å²) in [6.45, 7) is 3.35. The van der Waals surface area contributed by atoms with E-state index in [-0.39, 0.29) is 23.4 Å². The highest BCUT2D eigenvalue weighted by atomic mass is 32.2. The van der Waals surface area contributed by atoms with Crippen LogP contribution in [0.1, 0.15) is 13.8 Å². The molecule has 1 amide bonds. The van der Waals surface area contributed by atoms with Gasteiger partial charge in [0.05, 0.1) is 17.0 Å². The Bertz CT molecular complexity index is 826. The highest BCUT2D eigenvalue weighted by Crippen LogP contribution is 2.11. The summed E-state index contributed by atoms with van der Waals surface area (Å²) in [7, 11) is -3.78. The molecule has 0 bridgehead atoms. The highest BCUT2D eigenvalue weighted by molar-refractivity contribution is 7.89. The first-order valence-corrected chi connectivity index (χ1v) is 9.52. The zero-order valence-corrected chi connectivity index (χ0v) is 15.3. The van der Waals surface area contributed by atoms with Crippen molar-refractivity contribution < 1.29 is 22.3 Å². The van der Waals surface area contributed by atoms with Crippen molar-refractivity contribution in [1.29, 1.82) is 0 Å². The zero-order valence-electron chi connectivity index (χ0n) is 14.5. The SMILES string of the molecule is CC(COc1ccc(F)cc1)NC(=O)[C@H](C)NS(=O)(=O)c1ccccc1. The molecule has 2 rings (SSSR count). The summed E-state index contributed by atoms with van der Waals surface area (Å²) >= 11 is 0. The largest absolute Gasteiger partial charge is 0.491 e. The molecule has 8 heteroatoms. The molecule has 2 aromatic carbocycles. The van der Waals surface area contributed by atoms with Crippen LogP contribution in [0.3, 0.4) is 0 Å². The summed E-state index contributed by atoms with van der Waals surface area (Å²) in [5, 5.41) is 2.67. The van der Waals surface area contributed by atoms with Gasteiger partial charge in [-0.25, -0.2) is 12.8 Å². The van der Waals surface area contributed by atoms with Gasteiger partial charge in [0, 0.05) is 0 Å². The average Bonchev–Trinajstić information content (AvgIpc) is 2.61. The smallest absolute Gasteiger partial charge is 0.241 e. The fourth-order valence-corrected chi connectivity index (χ4v) is 3.34. The molecule has 2 atom stereocenters. The van der Waals surface area contributed by atoms with E-state index < -0.39 is 22.0 Å². The number of ether oxygens (including phenoxy) is 1. The summed E-state index contributed by atoms with van der Waals surface area (Å²) in [5.74, 6) is -0.358. The summed E-state index contributed by atoms with van der Waals surface area (Å²) < 4.78 is 45.1. The van der Waals surface area contributed by atoms with Crippen LogP contribution in [0.25, 0.3) is 0 Å². The number of amides is 1. The van der Waals surface area contributed by atoms with E-state index in [4.69, 9.17) is 4.74 Å². The lowest BCUT2D eigenvalue weighted by atomic mass is 10.3. The summed E-state index contributed by atoms with van der Waals surface area (Å²) in [5.41, 5.74) is 0. The monoisotopic (exact) mass is 380 g/mol. The Balaban J connectivity index is 1.85. The van der Waals surface area contributed by atoms with Gasteiger partial charge in [-0.1, -0.05) is 18.2 Å². The molecule has 0 aliphatic heterocycles. The van der Waals surface area contributed by atoms with Gasteiger partial charge in [0.1, 0.15) is 18.2 Å². The third-order valence-electron chi connectivity index (χ3n) is 3.48. The second-order valence-corrected chi connectivity index (χ2v) is 7.54. The maximum Gasteiger partial charge on any atom is 0.241 e. The summed E-state index contributed by atoms with van der Waals surface area (Å²) in [6.07, 6.45) is 0. The molecule has 1 unspecified atom stereocenters. The molecule has 140 valence electrons. The lowest BCUT2D eigenvalue weighted by Crippen LogP contribution is -2.48. The van der Waals surface area contributed by atoms with Gasteiger partial charge in [-0.15, -0.1) is 0 Å². The Kier molecular flexibility index (Phi) is 6.70. The number of carbonyl (C=O) groups is 1. The summed E-state index contributed by atoms with van der Waals surface area (Å²) in [6, 6.07) is 12.0. The molecule has 0 aromatic heterocycles. The van der Waals surface area contributed by atoms with E-state index in [1.807, 2.05) is 0 Å². The molecule has 0 heterocycles. The van der Waals surface area contributed by atoms with Crippen molar-refractivity contribution in [3.8, 4) is 5.75 Å². The molecular formula is C18H21FN2O4S. The van der Waals surface area contributed by atoms with Gasteiger partial charge in [0.25, 0.3) is 0 Å². The van der Waals surface area contributed by atoms with E-state index in [0.717, 1.165) is 0 Å². The number of benzene rings is 2. The average molecular weight is 380 g/mol. The zero-order chi connectivity index (χ0) is 19.2. The van der Waals surface area contributed by atoms with E-state index >= 15 is 0 Å². The predicted molar refractivity (Wildman–Crippen MR) is 95.7 cm³/mol. The molecule has 2 aromatic rings. The van der Waals surface area contributed by atoms with Crippen molar-refractivity contribution in [3.63, 3.8) is 0 Å². The molecular weight excluding hydrogens is 359 g/mol. The molecule has 0 radical (unpaired) electrons. The van der Waals surface area contributed by atoms with Crippen LogP contribution in [-0.4, -0.2) is 33.0 Å². The van der Waals surface area contributed by atoms with Crippen molar-refractivity contribution in [2.75, 3.05) is 6.61 Å². The minimum absolute atomic E-state index is 0.0901. The fourth-order valence-electron chi connectivity index (χ4n) is 2.12. The molecule has 0 aliphatic carbocycles. The molecule has 0 spiro atoms. The lowest BCUT2D eigenvalue weighted by molar-refractivity contribution is -0.123. The van der Waals surface area contributed by atoms with Gasteiger partial charge < -0.3 is 10.1 Å². The molecule has 0 saturated heterocycles. The Morgan fingerprint density at radius 2 is 1.69 bits per heavy atom. The van der Waals surface area contributed by atoms with Crippen LogP contribution in [-0.2, 0) is 14.8 Å². The standard InChI is InChI=1S/C18H21FN2O4S/c1-13(12-25-16-10-8-15(19)9-11-16)20-18(22)14(2)21-26(23,24)17-6-4-3-5-7-17/h3-11,13-14,21H,12H2,1-2H3,(H,20,22)/t13?,14-/m0/s1. The van der Waals surface area contributed by atoms with E-state index in [2.05, 4.69) is 10.0 Å². The van der Waals surface area contributed by atoms with Gasteiger partial charge in [0.2, 0.25) is 15.9 Å². The van der Waals surface area contributed by atoms with Gasteiger partial charge >= 0.3 is 0 Å². The number of carbonyl (C=O) groups excluding carboxylic acids is 1. The second-order valence-electron chi connectivity index (χ2n) is 5.83. The number of rotatable bonds is 8. The quantitative estimate of drug-likeness (QED) is 0.734. The van der Waals surface area contributed by atoms with E-state index in [0.29, 0.717) is 5.75 Å². The van der Waals surface area contributed by atoms with Gasteiger partial charge in [-0.05, 0) is 50.2 Å². The van der Waals surface area contributed by atoms with Crippen LogP contribution in [0, 0.1) is 5.82 Å². The van der Waals surface area contributed by atoms with Crippen LogP contribution >= 0.6 is 0 Å². The second kappa shape index (κ2) is 8.77. The number of hydrogen-bond donors (Lipinski definition) is 2. The van der Waals surface area contributed by atoms with Crippen LogP contribution in [0.5, 0.6) is 5.75 Å². The van der Waals surface area contributed by atoms with E-state index in [1.165, 1.54) is 43.3 Å². The number of sulfonamides is 1. The minimum Gasteiger partial charge on any atom is -0.491 e. The van der Waals surface area contributed by atoms with Crippen LogP contribution < -0.4 is 14.8 Å². The van der Waals surface area contributed by atoms with Crippen LogP contribution in [0.2, 0.25) is 0 Å². The third kappa shape index (κ3) is 5.82. The maximum atomic E-state index is 12.8. The molecule has 0 aliphatic rings. The van der Waals surface area contributed by atoms with Crippen molar-refractivity contribution >= 4 is 15.9 Å². The number of hydrogen-bond acceptors (Lipinski definition) is 4. The van der Waals surface area contributed by atoms with Crippen molar-refractivity contribution in [2.45, 2.75) is 30.8 Å². The topological polar surface area (TPSA) is 84.5 Å². The van der Waals surface area contributed by atoms with Crippen LogP contribution in [0.4, 0.5) is 4.39 Å². The molecule has 0 saturated carbocycles. The Labute approximate surface area is 152 Å². The maximum absolute atomic E-state index is 12.8. The number of nitrogens with one attached hydrogen (secondary N) is 2. The molecule has 2 N–H and O–H groups in total. The minimum atomic E-state index is -3.78. The normalized spacial score (nSPS) is 13.7. The Morgan fingerprint density at radius 3 is 2.31 bits per heavy atom. The third-order valence-corrected chi connectivity index (χ3v) is 5.04.